The highest BCUT2D eigenvalue weighted by Crippen LogP contribution is 2.21. The van der Waals surface area contributed by atoms with E-state index >= 15 is 0 Å². The van der Waals surface area contributed by atoms with E-state index in [1.165, 1.54) is 37.2 Å². The van der Waals surface area contributed by atoms with Crippen molar-refractivity contribution >= 4 is 17.8 Å². The lowest BCUT2D eigenvalue weighted by Crippen LogP contribution is -2.36. The van der Waals surface area contributed by atoms with Crippen LogP contribution < -0.4 is 15.4 Å². The Hall–Kier alpha value is -3.20. The van der Waals surface area contributed by atoms with Crippen LogP contribution in [0.2, 0.25) is 0 Å². The Morgan fingerprint density at radius 2 is 2.15 bits per heavy atom. The number of nitrogens with one attached hydrogen (secondary N) is 2. The van der Waals surface area contributed by atoms with Gasteiger partial charge in [0.1, 0.15) is 11.6 Å². The molecule has 146 valence electrons. The summed E-state index contributed by atoms with van der Waals surface area (Å²) < 4.78 is 19.3. The number of carbonyl (C=O) groups excluding carboxylic acids is 2. The zero-order valence-corrected chi connectivity index (χ0v) is 15.5. The molecule has 0 radical (unpaired) electrons. The van der Waals surface area contributed by atoms with Gasteiger partial charge in [-0.15, -0.1) is 0 Å². The summed E-state index contributed by atoms with van der Waals surface area (Å²) in [7, 11) is 1.52. The van der Waals surface area contributed by atoms with Gasteiger partial charge in [0, 0.05) is 44.6 Å². The van der Waals surface area contributed by atoms with E-state index in [1.54, 1.807) is 6.92 Å². The molecule has 0 saturated heterocycles. The first-order valence-electron chi connectivity index (χ1n) is 7.95. The van der Waals surface area contributed by atoms with E-state index in [2.05, 4.69) is 28.8 Å². The third-order valence-electron chi connectivity index (χ3n) is 3.00. The number of likely N-dealkylation sites (N-methyl/N-ethyl adjacent to an activating group) is 1. The second-order valence-corrected chi connectivity index (χ2v) is 5.76. The zero-order chi connectivity index (χ0) is 20.6. The summed E-state index contributed by atoms with van der Waals surface area (Å²) in [5, 5.41) is 14.2. The number of aliphatic hydroxyl groups excluding tert-OH is 1. The first kappa shape index (κ1) is 21.8. The molecule has 1 aromatic heterocycles. The number of hydrogen-bond donors (Lipinski definition) is 3. The van der Waals surface area contributed by atoms with Crippen LogP contribution >= 0.6 is 0 Å². The lowest BCUT2D eigenvalue weighted by molar-refractivity contribution is -0.118. The van der Waals surface area contributed by atoms with Crippen molar-refractivity contribution < 1.29 is 23.8 Å². The standard InChI is InChI=1S/C18H23FN4O4/c1-11(21-14(4)25)8-16(19)13(3)27-15-6-7-20-17(9-15)22-18(26)23(5)10-12(2)24/h6-9,12,24H,1,3,10H2,2,4-5H3,(H,21,25)(H,20,22,26)/b16-8+/t12-/m0/s1. The summed E-state index contributed by atoms with van der Waals surface area (Å²) in [6, 6.07) is 2.36. The van der Waals surface area contributed by atoms with Crippen molar-refractivity contribution in [2.24, 2.45) is 0 Å². The van der Waals surface area contributed by atoms with Gasteiger partial charge in [-0.1, -0.05) is 13.2 Å². The summed E-state index contributed by atoms with van der Waals surface area (Å²) in [4.78, 5) is 28.1. The SMILES string of the molecule is C=C(/C=C(/F)C(=C)Oc1ccnc(NC(=O)N(C)C[C@H](C)O)c1)NC(C)=O. The topological polar surface area (TPSA) is 104 Å². The number of urea groups is 1. The highest BCUT2D eigenvalue weighted by Gasteiger charge is 2.12. The lowest BCUT2D eigenvalue weighted by Gasteiger charge is -2.19. The van der Waals surface area contributed by atoms with Crippen molar-refractivity contribution in [1.29, 1.82) is 0 Å². The summed E-state index contributed by atoms with van der Waals surface area (Å²) in [6.45, 7) is 9.93. The van der Waals surface area contributed by atoms with Crippen LogP contribution in [0.4, 0.5) is 15.0 Å². The fourth-order valence-electron chi connectivity index (χ4n) is 1.91. The number of rotatable bonds is 8. The minimum absolute atomic E-state index is 0.0496. The van der Waals surface area contributed by atoms with Gasteiger partial charge < -0.3 is 20.1 Å². The third-order valence-corrected chi connectivity index (χ3v) is 3.00. The van der Waals surface area contributed by atoms with E-state index in [4.69, 9.17) is 4.74 Å². The third kappa shape index (κ3) is 8.15. The van der Waals surface area contributed by atoms with E-state index in [-0.39, 0.29) is 35.5 Å². The summed E-state index contributed by atoms with van der Waals surface area (Å²) >= 11 is 0. The highest BCUT2D eigenvalue weighted by molar-refractivity contribution is 5.88. The predicted molar refractivity (Wildman–Crippen MR) is 99.5 cm³/mol. The van der Waals surface area contributed by atoms with Gasteiger partial charge in [-0.3, -0.25) is 10.1 Å². The van der Waals surface area contributed by atoms with E-state index in [1.807, 2.05) is 0 Å². The number of pyridine rings is 1. The Kier molecular flexibility index (Phi) is 8.15. The number of ether oxygens (including phenoxy) is 1. The van der Waals surface area contributed by atoms with Gasteiger partial charge in [-0.05, 0) is 13.0 Å². The number of aliphatic hydroxyl groups is 1. The molecule has 0 aliphatic carbocycles. The molecule has 0 aliphatic rings. The number of amides is 3. The zero-order valence-electron chi connectivity index (χ0n) is 15.5. The van der Waals surface area contributed by atoms with Gasteiger partial charge in [0.05, 0.1) is 6.10 Å². The van der Waals surface area contributed by atoms with Crippen molar-refractivity contribution in [3.05, 3.63) is 54.8 Å². The second-order valence-electron chi connectivity index (χ2n) is 5.76. The molecular formula is C18H23FN4O4. The quantitative estimate of drug-likeness (QED) is 0.476. The largest absolute Gasteiger partial charge is 0.455 e. The number of carbonyl (C=O) groups is 2. The number of aromatic nitrogens is 1. The van der Waals surface area contributed by atoms with E-state index < -0.39 is 18.0 Å². The predicted octanol–water partition coefficient (Wildman–Crippen LogP) is 2.32. The summed E-state index contributed by atoms with van der Waals surface area (Å²) in [6.07, 6.45) is 1.66. The van der Waals surface area contributed by atoms with Crippen molar-refractivity contribution in [3.8, 4) is 5.75 Å². The molecule has 3 N–H and O–H groups in total. The Balaban J connectivity index is 2.74. The molecule has 0 bridgehead atoms. The van der Waals surface area contributed by atoms with Gasteiger partial charge >= 0.3 is 6.03 Å². The molecule has 1 rings (SSSR count). The molecule has 8 nitrogen and oxygen atoms in total. The van der Waals surface area contributed by atoms with Crippen molar-refractivity contribution in [1.82, 2.24) is 15.2 Å². The molecule has 27 heavy (non-hydrogen) atoms. The molecule has 0 spiro atoms. The molecular weight excluding hydrogens is 355 g/mol. The minimum atomic E-state index is -0.826. The van der Waals surface area contributed by atoms with Crippen LogP contribution in [0.15, 0.2) is 54.8 Å². The smallest absolute Gasteiger partial charge is 0.322 e. The van der Waals surface area contributed by atoms with E-state index in [0.717, 1.165) is 6.08 Å². The Morgan fingerprint density at radius 1 is 1.48 bits per heavy atom. The fourth-order valence-corrected chi connectivity index (χ4v) is 1.91. The van der Waals surface area contributed by atoms with Crippen LogP contribution in [0.5, 0.6) is 5.75 Å². The monoisotopic (exact) mass is 378 g/mol. The summed E-state index contributed by atoms with van der Waals surface area (Å²) in [5.74, 6) is -1.15. The van der Waals surface area contributed by atoms with Crippen LogP contribution in [0, 0.1) is 0 Å². The van der Waals surface area contributed by atoms with Crippen molar-refractivity contribution in [3.63, 3.8) is 0 Å². The maximum absolute atomic E-state index is 14.0. The average Bonchev–Trinajstić information content (AvgIpc) is 2.53. The maximum atomic E-state index is 14.0. The maximum Gasteiger partial charge on any atom is 0.322 e. The summed E-state index contributed by atoms with van der Waals surface area (Å²) in [5.41, 5.74) is 0.0496. The Morgan fingerprint density at radius 3 is 2.74 bits per heavy atom. The van der Waals surface area contributed by atoms with Gasteiger partial charge in [-0.2, -0.15) is 0 Å². The minimum Gasteiger partial charge on any atom is -0.455 e. The lowest BCUT2D eigenvalue weighted by atomic mass is 10.3. The van der Waals surface area contributed by atoms with Crippen LogP contribution in [-0.2, 0) is 4.79 Å². The van der Waals surface area contributed by atoms with Crippen LogP contribution in [0.3, 0.4) is 0 Å². The van der Waals surface area contributed by atoms with Crippen LogP contribution in [0.25, 0.3) is 0 Å². The molecule has 1 aromatic rings. The normalized spacial score (nSPS) is 12.0. The molecule has 9 heteroatoms. The Labute approximate surface area is 157 Å². The van der Waals surface area contributed by atoms with Crippen LogP contribution in [-0.4, -0.2) is 46.6 Å². The van der Waals surface area contributed by atoms with Crippen molar-refractivity contribution in [2.45, 2.75) is 20.0 Å². The fraction of sp³-hybridized carbons (Fsp3) is 0.278. The molecule has 0 aliphatic heterocycles. The molecule has 1 atom stereocenters. The molecule has 0 aromatic carbocycles. The molecule has 1 heterocycles. The first-order chi connectivity index (χ1) is 12.6. The number of halogens is 1. The van der Waals surface area contributed by atoms with Gasteiger partial charge in [0.15, 0.2) is 11.6 Å². The Bertz CT molecular complexity index is 761. The molecule has 0 fully saturated rings. The number of allylic oxidation sites excluding steroid dienone is 2. The molecule has 0 unspecified atom stereocenters. The molecule has 0 saturated carbocycles. The van der Waals surface area contributed by atoms with Crippen LogP contribution in [0.1, 0.15) is 13.8 Å². The number of nitrogens with zero attached hydrogens (tertiary/aromatic N) is 2. The van der Waals surface area contributed by atoms with Gasteiger partial charge in [-0.25, -0.2) is 14.2 Å². The number of hydrogen-bond acceptors (Lipinski definition) is 5. The van der Waals surface area contributed by atoms with E-state index in [0.29, 0.717) is 0 Å². The first-order valence-corrected chi connectivity index (χ1v) is 7.95. The van der Waals surface area contributed by atoms with Gasteiger partial charge in [0.25, 0.3) is 0 Å². The number of anilines is 1. The molecule has 3 amide bonds. The highest BCUT2D eigenvalue weighted by atomic mass is 19.1. The van der Waals surface area contributed by atoms with Crippen molar-refractivity contribution in [2.75, 3.05) is 18.9 Å². The average molecular weight is 378 g/mol. The second kappa shape index (κ2) is 10.1. The van der Waals surface area contributed by atoms with Gasteiger partial charge in [0.2, 0.25) is 5.91 Å². The van der Waals surface area contributed by atoms with E-state index in [9.17, 15) is 19.1 Å².